The van der Waals surface area contributed by atoms with Crippen molar-refractivity contribution in [3.63, 3.8) is 0 Å². The molecule has 1 aromatic heterocycles. The first-order chi connectivity index (χ1) is 13.9. The number of carbonyl (C=O) groups is 2. The Labute approximate surface area is 191 Å². The maximum atomic E-state index is 12.7. The Hall–Kier alpha value is -2.29. The molecule has 2 N–H and O–H groups in total. The zero-order valence-electron chi connectivity index (χ0n) is 14.9. The zero-order chi connectivity index (χ0) is 20.8. The molecule has 29 heavy (non-hydrogen) atoms. The summed E-state index contributed by atoms with van der Waals surface area (Å²) in [5.41, 5.74) is 1.27. The Kier molecular flexibility index (Phi) is 7.35. The maximum absolute atomic E-state index is 12.7. The number of benzene rings is 2. The standard InChI is InChI=1S/C21H15Cl2IN2O3/c22-16-8-6-13(10-17(16)23)12-25-21(28)18(11-15-7-9-19(24)29-15)26-20(27)14-4-2-1-3-5-14/h1-11H,12H2,(H,25,28)(H,26,27). The summed E-state index contributed by atoms with van der Waals surface area (Å²) in [4.78, 5) is 25.3. The average molecular weight is 541 g/mol. The van der Waals surface area contributed by atoms with Crippen molar-refractivity contribution in [2.24, 2.45) is 0 Å². The lowest BCUT2D eigenvalue weighted by Gasteiger charge is -2.11. The van der Waals surface area contributed by atoms with Gasteiger partial charge in [-0.25, -0.2) is 0 Å². The molecule has 1 heterocycles. The molecule has 0 aliphatic carbocycles. The van der Waals surface area contributed by atoms with E-state index in [2.05, 4.69) is 10.6 Å². The van der Waals surface area contributed by atoms with Gasteiger partial charge in [-0.15, -0.1) is 0 Å². The Morgan fingerprint density at radius 1 is 1.00 bits per heavy atom. The van der Waals surface area contributed by atoms with Crippen molar-refractivity contribution in [3.05, 3.63) is 97.1 Å². The van der Waals surface area contributed by atoms with Crippen molar-refractivity contribution in [2.45, 2.75) is 6.54 Å². The number of hydrogen-bond acceptors (Lipinski definition) is 3. The van der Waals surface area contributed by atoms with Gasteiger partial charge in [0.05, 0.1) is 10.0 Å². The molecule has 5 nitrogen and oxygen atoms in total. The third-order valence-electron chi connectivity index (χ3n) is 3.85. The molecule has 148 valence electrons. The van der Waals surface area contributed by atoms with E-state index in [0.29, 0.717) is 25.1 Å². The number of furan rings is 1. The molecular weight excluding hydrogens is 526 g/mol. The van der Waals surface area contributed by atoms with Gasteiger partial charge in [0.2, 0.25) is 0 Å². The fraction of sp³-hybridized carbons (Fsp3) is 0.0476. The molecule has 2 aromatic carbocycles. The van der Waals surface area contributed by atoms with Crippen molar-refractivity contribution in [1.82, 2.24) is 10.6 Å². The molecule has 3 aromatic rings. The second-order valence-corrected chi connectivity index (χ2v) is 7.83. The highest BCUT2D eigenvalue weighted by molar-refractivity contribution is 14.1. The lowest BCUT2D eigenvalue weighted by molar-refractivity contribution is -0.117. The molecular formula is C21H15Cl2IN2O3. The van der Waals surface area contributed by atoms with E-state index in [1.165, 1.54) is 6.08 Å². The summed E-state index contributed by atoms with van der Waals surface area (Å²) in [7, 11) is 0. The van der Waals surface area contributed by atoms with Crippen LogP contribution in [-0.2, 0) is 11.3 Å². The van der Waals surface area contributed by atoms with Gasteiger partial charge in [-0.2, -0.15) is 0 Å². The van der Waals surface area contributed by atoms with Gasteiger partial charge >= 0.3 is 0 Å². The van der Waals surface area contributed by atoms with Crippen LogP contribution in [0.2, 0.25) is 10.0 Å². The normalized spacial score (nSPS) is 11.2. The summed E-state index contributed by atoms with van der Waals surface area (Å²) in [5, 5.41) is 6.25. The van der Waals surface area contributed by atoms with Crippen LogP contribution in [0.1, 0.15) is 21.7 Å². The van der Waals surface area contributed by atoms with Crippen molar-refractivity contribution < 1.29 is 14.0 Å². The fourth-order valence-electron chi connectivity index (χ4n) is 2.42. The minimum atomic E-state index is -0.466. The number of rotatable bonds is 6. The van der Waals surface area contributed by atoms with E-state index in [1.54, 1.807) is 54.6 Å². The van der Waals surface area contributed by atoms with E-state index in [0.717, 1.165) is 5.56 Å². The smallest absolute Gasteiger partial charge is 0.268 e. The molecule has 0 saturated heterocycles. The van der Waals surface area contributed by atoms with Gasteiger partial charge in [0.15, 0.2) is 3.77 Å². The first-order valence-electron chi connectivity index (χ1n) is 8.48. The fourth-order valence-corrected chi connectivity index (χ4v) is 3.17. The van der Waals surface area contributed by atoms with Gasteiger partial charge in [-0.1, -0.05) is 47.5 Å². The van der Waals surface area contributed by atoms with E-state index in [4.69, 9.17) is 27.6 Å². The number of carbonyl (C=O) groups excluding carboxylic acids is 2. The van der Waals surface area contributed by atoms with Gasteiger partial charge in [0.25, 0.3) is 11.8 Å². The topological polar surface area (TPSA) is 71.3 Å². The van der Waals surface area contributed by atoms with Gasteiger partial charge < -0.3 is 15.1 Å². The van der Waals surface area contributed by atoms with Crippen molar-refractivity contribution in [2.75, 3.05) is 0 Å². The molecule has 8 heteroatoms. The third kappa shape index (κ3) is 6.09. The molecule has 0 radical (unpaired) electrons. The summed E-state index contributed by atoms with van der Waals surface area (Å²) in [6.07, 6.45) is 1.48. The maximum Gasteiger partial charge on any atom is 0.268 e. The highest BCUT2D eigenvalue weighted by Gasteiger charge is 2.15. The lowest BCUT2D eigenvalue weighted by atomic mass is 10.2. The molecule has 0 atom stereocenters. The van der Waals surface area contributed by atoms with Crippen LogP contribution in [-0.4, -0.2) is 11.8 Å². The molecule has 2 amide bonds. The number of nitrogens with one attached hydrogen (secondary N) is 2. The minimum Gasteiger partial charge on any atom is -0.451 e. The minimum absolute atomic E-state index is 0.0599. The van der Waals surface area contributed by atoms with Crippen LogP contribution < -0.4 is 10.6 Å². The summed E-state index contributed by atoms with van der Waals surface area (Å²) in [6, 6.07) is 17.2. The molecule has 0 fully saturated rings. The van der Waals surface area contributed by atoms with Gasteiger partial charge in [-0.05, 0) is 64.6 Å². The van der Waals surface area contributed by atoms with Gasteiger partial charge in [-0.3, -0.25) is 9.59 Å². The quantitative estimate of drug-likeness (QED) is 0.330. The highest BCUT2D eigenvalue weighted by Crippen LogP contribution is 2.22. The molecule has 0 aliphatic heterocycles. The Morgan fingerprint density at radius 2 is 1.76 bits per heavy atom. The van der Waals surface area contributed by atoms with Crippen LogP contribution >= 0.6 is 45.8 Å². The Morgan fingerprint density at radius 3 is 2.41 bits per heavy atom. The van der Waals surface area contributed by atoms with E-state index < -0.39 is 11.8 Å². The molecule has 0 unspecified atom stereocenters. The zero-order valence-corrected chi connectivity index (χ0v) is 18.6. The molecule has 0 aliphatic rings. The van der Waals surface area contributed by atoms with Crippen molar-refractivity contribution >= 4 is 63.7 Å². The average Bonchev–Trinajstić information content (AvgIpc) is 3.13. The number of amides is 2. The van der Waals surface area contributed by atoms with Crippen LogP contribution in [0.5, 0.6) is 0 Å². The summed E-state index contributed by atoms with van der Waals surface area (Å²) in [5.74, 6) is -0.419. The van der Waals surface area contributed by atoms with E-state index >= 15 is 0 Å². The second-order valence-electron chi connectivity index (χ2n) is 5.95. The van der Waals surface area contributed by atoms with E-state index in [-0.39, 0.29) is 12.2 Å². The van der Waals surface area contributed by atoms with E-state index in [9.17, 15) is 9.59 Å². The van der Waals surface area contributed by atoms with Gasteiger partial charge in [0.1, 0.15) is 11.5 Å². The van der Waals surface area contributed by atoms with E-state index in [1.807, 2.05) is 28.7 Å². The predicted molar refractivity (Wildman–Crippen MR) is 122 cm³/mol. The summed E-state index contributed by atoms with van der Waals surface area (Å²) in [6.45, 7) is 0.212. The number of hydrogen-bond donors (Lipinski definition) is 2. The second kappa shape index (κ2) is 9.96. The van der Waals surface area contributed by atoms with Crippen LogP contribution in [0.15, 0.2) is 70.8 Å². The van der Waals surface area contributed by atoms with Crippen LogP contribution in [0.25, 0.3) is 6.08 Å². The summed E-state index contributed by atoms with van der Waals surface area (Å²) >= 11 is 13.9. The number of halogens is 3. The largest absolute Gasteiger partial charge is 0.451 e. The lowest BCUT2D eigenvalue weighted by Crippen LogP contribution is -2.34. The van der Waals surface area contributed by atoms with Crippen molar-refractivity contribution in [3.8, 4) is 0 Å². The molecule has 0 saturated carbocycles. The Bertz CT molecular complexity index is 1060. The SMILES string of the molecule is O=C(NCc1ccc(Cl)c(Cl)c1)C(=Cc1ccc(I)o1)NC(=O)c1ccccc1. The van der Waals surface area contributed by atoms with Crippen LogP contribution in [0.3, 0.4) is 0 Å². The van der Waals surface area contributed by atoms with Crippen molar-refractivity contribution in [1.29, 1.82) is 0 Å². The van der Waals surface area contributed by atoms with Gasteiger partial charge in [0, 0.05) is 18.2 Å². The molecule has 3 rings (SSSR count). The Balaban J connectivity index is 1.78. The van der Waals surface area contributed by atoms with Crippen LogP contribution in [0, 0.1) is 3.77 Å². The molecule has 0 spiro atoms. The highest BCUT2D eigenvalue weighted by atomic mass is 127. The van der Waals surface area contributed by atoms with Crippen LogP contribution in [0.4, 0.5) is 0 Å². The molecule has 0 bridgehead atoms. The third-order valence-corrected chi connectivity index (χ3v) is 5.17. The predicted octanol–water partition coefficient (Wildman–Crippen LogP) is 5.28. The first-order valence-corrected chi connectivity index (χ1v) is 10.3. The summed E-state index contributed by atoms with van der Waals surface area (Å²) < 4.78 is 6.16. The first kappa shape index (κ1) is 21.4. The monoisotopic (exact) mass is 540 g/mol.